The molecule has 0 bridgehead atoms. The molecule has 1 rings (SSSR count). The maximum atomic E-state index is 11.3. The van der Waals surface area contributed by atoms with Crippen LogP contribution in [0.4, 0.5) is 0 Å². The zero-order chi connectivity index (χ0) is 10.4. The van der Waals surface area contributed by atoms with Gasteiger partial charge in [0.05, 0.1) is 12.7 Å². The summed E-state index contributed by atoms with van der Waals surface area (Å²) < 4.78 is 9.97. The zero-order valence-electron chi connectivity index (χ0n) is 8.45. The molecule has 0 amide bonds. The molecule has 1 aliphatic heterocycles. The minimum absolute atomic E-state index is 0.0249. The van der Waals surface area contributed by atoms with Crippen LogP contribution in [-0.2, 0) is 19.1 Å². The van der Waals surface area contributed by atoms with Crippen LogP contribution in [0, 0.1) is 0 Å². The van der Waals surface area contributed by atoms with Gasteiger partial charge >= 0.3 is 5.97 Å². The number of hydrogen-bond acceptors (Lipinski definition) is 4. The summed E-state index contributed by atoms with van der Waals surface area (Å²) in [7, 11) is 0. The molecule has 0 aromatic rings. The van der Waals surface area contributed by atoms with E-state index in [0.29, 0.717) is 13.0 Å². The Hall–Kier alpha value is -0.900. The van der Waals surface area contributed by atoms with Crippen molar-refractivity contribution in [3.8, 4) is 0 Å². The van der Waals surface area contributed by atoms with Gasteiger partial charge in [0.1, 0.15) is 12.2 Å². The Morgan fingerprint density at radius 2 is 2.29 bits per heavy atom. The summed E-state index contributed by atoms with van der Waals surface area (Å²) in [5.41, 5.74) is 0. The van der Waals surface area contributed by atoms with Crippen LogP contribution in [0.5, 0.6) is 0 Å². The molecular formula is C10H16O4. The average Bonchev–Trinajstić information content (AvgIpc) is 2.56. The highest BCUT2D eigenvalue weighted by atomic mass is 16.5. The van der Waals surface area contributed by atoms with Crippen LogP contribution in [0.25, 0.3) is 0 Å². The first kappa shape index (κ1) is 11.2. The van der Waals surface area contributed by atoms with Crippen LogP contribution in [0.1, 0.15) is 32.6 Å². The van der Waals surface area contributed by atoms with E-state index in [2.05, 4.69) is 4.74 Å². The lowest BCUT2D eigenvalue weighted by molar-refractivity contribution is -0.145. The largest absolute Gasteiger partial charge is 0.466 e. The quantitative estimate of drug-likeness (QED) is 0.492. The Morgan fingerprint density at radius 3 is 2.86 bits per heavy atom. The van der Waals surface area contributed by atoms with Gasteiger partial charge in [-0.25, -0.2) is 0 Å². The fourth-order valence-electron chi connectivity index (χ4n) is 1.50. The van der Waals surface area contributed by atoms with E-state index in [1.807, 2.05) is 0 Å². The maximum absolute atomic E-state index is 11.3. The monoisotopic (exact) mass is 200 g/mol. The number of carbonyl (C=O) groups is 2. The summed E-state index contributed by atoms with van der Waals surface area (Å²) in [5, 5.41) is 0. The van der Waals surface area contributed by atoms with Crippen molar-refractivity contribution in [3.05, 3.63) is 0 Å². The molecular weight excluding hydrogens is 184 g/mol. The predicted octanol–water partition coefficient (Wildman–Crippen LogP) is 1.08. The van der Waals surface area contributed by atoms with Gasteiger partial charge in [-0.1, -0.05) is 0 Å². The van der Waals surface area contributed by atoms with Crippen LogP contribution in [0.3, 0.4) is 0 Å². The van der Waals surface area contributed by atoms with Crippen molar-refractivity contribution in [2.45, 2.75) is 38.7 Å². The third-order valence-corrected chi connectivity index (χ3v) is 2.13. The van der Waals surface area contributed by atoms with Gasteiger partial charge in [-0.3, -0.25) is 9.59 Å². The van der Waals surface area contributed by atoms with Crippen molar-refractivity contribution in [2.24, 2.45) is 0 Å². The lowest BCUT2D eigenvalue weighted by Crippen LogP contribution is -2.17. The van der Waals surface area contributed by atoms with E-state index >= 15 is 0 Å². The van der Waals surface area contributed by atoms with E-state index < -0.39 is 5.97 Å². The molecule has 0 spiro atoms. The first-order valence-corrected chi connectivity index (χ1v) is 5.01. The third kappa shape index (κ3) is 3.87. The smallest absolute Gasteiger partial charge is 0.313 e. The number of ether oxygens (including phenoxy) is 2. The van der Waals surface area contributed by atoms with Crippen LogP contribution in [0.2, 0.25) is 0 Å². The van der Waals surface area contributed by atoms with Gasteiger partial charge < -0.3 is 9.47 Å². The minimum Gasteiger partial charge on any atom is -0.466 e. The summed E-state index contributed by atoms with van der Waals surface area (Å²) >= 11 is 0. The first-order chi connectivity index (χ1) is 6.72. The van der Waals surface area contributed by atoms with Gasteiger partial charge in [-0.2, -0.15) is 0 Å². The van der Waals surface area contributed by atoms with Crippen molar-refractivity contribution < 1.29 is 19.1 Å². The third-order valence-electron chi connectivity index (χ3n) is 2.13. The number of ketones is 1. The Kier molecular flexibility index (Phi) is 4.59. The molecule has 4 heteroatoms. The fourth-order valence-corrected chi connectivity index (χ4v) is 1.50. The SMILES string of the molecule is CCOC(=O)CC(=O)CC1CCCO1. The Morgan fingerprint density at radius 1 is 1.50 bits per heavy atom. The van der Waals surface area contributed by atoms with Crippen LogP contribution >= 0.6 is 0 Å². The van der Waals surface area contributed by atoms with Crippen molar-refractivity contribution in [2.75, 3.05) is 13.2 Å². The highest BCUT2D eigenvalue weighted by molar-refractivity contribution is 5.95. The summed E-state index contributed by atoms with van der Waals surface area (Å²) in [6.45, 7) is 2.78. The summed E-state index contributed by atoms with van der Waals surface area (Å²) in [4.78, 5) is 22.2. The summed E-state index contributed by atoms with van der Waals surface area (Å²) in [6, 6.07) is 0. The summed E-state index contributed by atoms with van der Waals surface area (Å²) in [5.74, 6) is -0.522. The molecule has 0 saturated carbocycles. The van der Waals surface area contributed by atoms with E-state index in [9.17, 15) is 9.59 Å². The lowest BCUT2D eigenvalue weighted by atomic mass is 10.1. The number of hydrogen-bond donors (Lipinski definition) is 0. The molecule has 1 aliphatic rings. The summed E-state index contributed by atoms with van der Waals surface area (Å²) in [6.07, 6.45) is 2.19. The normalized spacial score (nSPS) is 20.8. The van der Waals surface area contributed by atoms with Crippen LogP contribution in [0.15, 0.2) is 0 Å². The molecule has 4 nitrogen and oxygen atoms in total. The van der Waals surface area contributed by atoms with Gasteiger partial charge in [-0.05, 0) is 19.8 Å². The predicted molar refractivity (Wildman–Crippen MR) is 49.8 cm³/mol. The highest BCUT2D eigenvalue weighted by Gasteiger charge is 2.20. The van der Waals surface area contributed by atoms with Crippen molar-refractivity contribution in [3.63, 3.8) is 0 Å². The fraction of sp³-hybridized carbons (Fsp3) is 0.800. The topological polar surface area (TPSA) is 52.6 Å². The molecule has 0 aliphatic carbocycles. The van der Waals surface area contributed by atoms with E-state index in [1.165, 1.54) is 0 Å². The van der Waals surface area contributed by atoms with Gasteiger partial charge in [-0.15, -0.1) is 0 Å². The molecule has 14 heavy (non-hydrogen) atoms. The lowest BCUT2D eigenvalue weighted by Gasteiger charge is -2.07. The van der Waals surface area contributed by atoms with Gasteiger partial charge in [0.2, 0.25) is 0 Å². The molecule has 1 atom stereocenters. The van der Waals surface area contributed by atoms with E-state index in [4.69, 9.17) is 4.74 Å². The number of esters is 1. The van der Waals surface area contributed by atoms with Crippen molar-refractivity contribution in [1.29, 1.82) is 0 Å². The standard InChI is InChI=1S/C10H16O4/c1-2-13-10(12)7-8(11)6-9-4-3-5-14-9/h9H,2-7H2,1H3. The van der Waals surface area contributed by atoms with Crippen LogP contribution < -0.4 is 0 Å². The molecule has 1 fully saturated rings. The first-order valence-electron chi connectivity index (χ1n) is 5.01. The van der Waals surface area contributed by atoms with Crippen molar-refractivity contribution >= 4 is 11.8 Å². The zero-order valence-corrected chi connectivity index (χ0v) is 8.45. The number of Topliss-reactive ketones (excluding diaryl/α,β-unsaturated/α-hetero) is 1. The van der Waals surface area contributed by atoms with Gasteiger partial charge in [0.15, 0.2) is 0 Å². The van der Waals surface area contributed by atoms with Gasteiger partial charge in [0, 0.05) is 13.0 Å². The molecule has 1 heterocycles. The second kappa shape index (κ2) is 5.75. The molecule has 0 aromatic heterocycles. The minimum atomic E-state index is -0.435. The molecule has 1 saturated heterocycles. The maximum Gasteiger partial charge on any atom is 0.313 e. The Balaban J connectivity index is 2.17. The molecule has 0 radical (unpaired) electrons. The Labute approximate surface area is 83.6 Å². The molecule has 1 unspecified atom stereocenters. The van der Waals surface area contributed by atoms with E-state index in [0.717, 1.165) is 19.4 Å². The van der Waals surface area contributed by atoms with Crippen LogP contribution in [-0.4, -0.2) is 31.1 Å². The second-order valence-electron chi connectivity index (χ2n) is 3.36. The van der Waals surface area contributed by atoms with E-state index in [-0.39, 0.29) is 18.3 Å². The van der Waals surface area contributed by atoms with E-state index in [1.54, 1.807) is 6.92 Å². The van der Waals surface area contributed by atoms with Gasteiger partial charge in [0.25, 0.3) is 0 Å². The second-order valence-corrected chi connectivity index (χ2v) is 3.36. The number of carbonyl (C=O) groups excluding carboxylic acids is 2. The molecule has 0 aromatic carbocycles. The van der Waals surface area contributed by atoms with Crippen molar-refractivity contribution in [1.82, 2.24) is 0 Å². The Bertz CT molecular complexity index is 206. The average molecular weight is 200 g/mol. The molecule has 0 N–H and O–H groups in total. The molecule has 80 valence electrons. The highest BCUT2D eigenvalue weighted by Crippen LogP contribution is 2.16. The number of rotatable bonds is 5.